The van der Waals surface area contributed by atoms with Gasteiger partial charge in [-0.05, 0) is 49.9 Å². The number of hydrogen-bond acceptors (Lipinski definition) is 1. The predicted molar refractivity (Wildman–Crippen MR) is 60.5 cm³/mol. The molecule has 2 rings (SSSR count). The molecule has 14 heavy (non-hydrogen) atoms. The molecule has 0 bridgehead atoms. The summed E-state index contributed by atoms with van der Waals surface area (Å²) in [7, 11) is 0. The largest absolute Gasteiger partial charge is 0.310 e. The van der Waals surface area contributed by atoms with Gasteiger partial charge in [0.15, 0.2) is 0 Å². The first-order valence-corrected chi connectivity index (χ1v) is 5.58. The molecule has 0 radical (unpaired) electrons. The van der Waals surface area contributed by atoms with E-state index in [1.807, 2.05) is 0 Å². The van der Waals surface area contributed by atoms with Crippen LogP contribution in [-0.4, -0.2) is 6.54 Å². The van der Waals surface area contributed by atoms with E-state index in [4.69, 9.17) is 0 Å². The van der Waals surface area contributed by atoms with Gasteiger partial charge in [-0.15, -0.1) is 0 Å². The molecule has 1 N–H and O–H groups in total. The lowest BCUT2D eigenvalue weighted by molar-refractivity contribution is 0.410. The zero-order chi connectivity index (χ0) is 9.97. The fourth-order valence-electron chi connectivity index (χ4n) is 2.48. The summed E-state index contributed by atoms with van der Waals surface area (Å²) in [5.41, 5.74) is 4.40. The van der Waals surface area contributed by atoms with E-state index in [1.165, 1.54) is 42.5 Å². The van der Waals surface area contributed by atoms with Crippen LogP contribution in [0.5, 0.6) is 0 Å². The molecule has 76 valence electrons. The third kappa shape index (κ3) is 1.83. The van der Waals surface area contributed by atoms with Crippen LogP contribution in [0.2, 0.25) is 0 Å². The van der Waals surface area contributed by atoms with Crippen molar-refractivity contribution >= 4 is 0 Å². The molecule has 0 aromatic heterocycles. The molecule has 0 saturated carbocycles. The van der Waals surface area contributed by atoms with Crippen molar-refractivity contribution in [3.8, 4) is 0 Å². The van der Waals surface area contributed by atoms with Crippen molar-refractivity contribution < 1.29 is 0 Å². The van der Waals surface area contributed by atoms with Gasteiger partial charge in [0.05, 0.1) is 0 Å². The van der Waals surface area contributed by atoms with Crippen LogP contribution >= 0.6 is 0 Å². The molecular formula is C13H19N. The average Bonchev–Trinajstić information content (AvgIpc) is 2.19. The molecule has 1 heteroatoms. The molecule has 1 saturated heterocycles. The van der Waals surface area contributed by atoms with Crippen LogP contribution in [0.25, 0.3) is 0 Å². The molecule has 1 aliphatic heterocycles. The van der Waals surface area contributed by atoms with Gasteiger partial charge < -0.3 is 5.32 Å². The second-order valence-corrected chi connectivity index (χ2v) is 4.31. The predicted octanol–water partition coefficient (Wildman–Crippen LogP) is 3.12. The van der Waals surface area contributed by atoms with Crippen LogP contribution in [0, 0.1) is 13.8 Å². The lowest BCUT2D eigenvalue weighted by Crippen LogP contribution is -2.27. The summed E-state index contributed by atoms with van der Waals surface area (Å²) >= 11 is 0. The maximum Gasteiger partial charge on any atom is 0.0325 e. The Morgan fingerprint density at radius 1 is 1.14 bits per heavy atom. The highest BCUT2D eigenvalue weighted by Crippen LogP contribution is 2.27. The van der Waals surface area contributed by atoms with Gasteiger partial charge in [-0.2, -0.15) is 0 Å². The lowest BCUT2D eigenvalue weighted by Gasteiger charge is -2.26. The summed E-state index contributed by atoms with van der Waals surface area (Å²) in [5, 5.41) is 3.62. The Kier molecular flexibility index (Phi) is 2.87. The summed E-state index contributed by atoms with van der Waals surface area (Å²) < 4.78 is 0. The second-order valence-electron chi connectivity index (χ2n) is 4.31. The third-order valence-corrected chi connectivity index (χ3v) is 3.20. The minimum Gasteiger partial charge on any atom is -0.310 e. The van der Waals surface area contributed by atoms with Crippen molar-refractivity contribution in [2.75, 3.05) is 6.54 Å². The Hall–Kier alpha value is -0.820. The van der Waals surface area contributed by atoms with Crippen molar-refractivity contribution in [3.05, 3.63) is 34.9 Å². The molecule has 0 aliphatic carbocycles. The van der Waals surface area contributed by atoms with Crippen LogP contribution in [0.1, 0.15) is 42.0 Å². The Morgan fingerprint density at radius 3 is 2.43 bits per heavy atom. The number of aryl methyl sites for hydroxylation is 2. The molecule has 1 aliphatic rings. The quantitative estimate of drug-likeness (QED) is 0.715. The van der Waals surface area contributed by atoms with E-state index in [0.717, 1.165) is 0 Å². The summed E-state index contributed by atoms with van der Waals surface area (Å²) in [4.78, 5) is 0. The van der Waals surface area contributed by atoms with Crippen molar-refractivity contribution in [2.24, 2.45) is 0 Å². The first-order valence-electron chi connectivity index (χ1n) is 5.58. The first kappa shape index (κ1) is 9.72. The van der Waals surface area contributed by atoms with Crippen molar-refractivity contribution in [1.29, 1.82) is 0 Å². The Labute approximate surface area is 86.5 Å². The number of hydrogen-bond donors (Lipinski definition) is 1. The molecule has 1 atom stereocenters. The molecule has 0 amide bonds. The Bertz CT molecular complexity index is 291. The van der Waals surface area contributed by atoms with Crippen molar-refractivity contribution in [3.63, 3.8) is 0 Å². The number of nitrogens with one attached hydrogen (secondary N) is 1. The number of rotatable bonds is 1. The van der Waals surface area contributed by atoms with Crippen LogP contribution in [0.15, 0.2) is 18.2 Å². The first-order chi connectivity index (χ1) is 6.79. The average molecular weight is 189 g/mol. The monoisotopic (exact) mass is 189 g/mol. The number of piperidine rings is 1. The van der Waals surface area contributed by atoms with Gasteiger partial charge in [0.1, 0.15) is 0 Å². The van der Waals surface area contributed by atoms with Gasteiger partial charge in [0, 0.05) is 6.04 Å². The molecule has 0 unspecified atom stereocenters. The van der Waals surface area contributed by atoms with E-state index in [1.54, 1.807) is 0 Å². The van der Waals surface area contributed by atoms with E-state index < -0.39 is 0 Å². The minimum atomic E-state index is 0.602. The van der Waals surface area contributed by atoms with Crippen LogP contribution in [-0.2, 0) is 0 Å². The molecule has 1 nitrogen and oxygen atoms in total. The summed E-state index contributed by atoms with van der Waals surface area (Å²) in [6.45, 7) is 5.62. The zero-order valence-electron chi connectivity index (χ0n) is 9.14. The molecule has 0 spiro atoms. The third-order valence-electron chi connectivity index (χ3n) is 3.20. The van der Waals surface area contributed by atoms with Crippen LogP contribution in [0.3, 0.4) is 0 Å². The van der Waals surface area contributed by atoms with Gasteiger partial charge in [-0.25, -0.2) is 0 Å². The maximum atomic E-state index is 3.62. The smallest absolute Gasteiger partial charge is 0.0325 e. The summed E-state index contributed by atoms with van der Waals surface area (Å²) in [6, 6.07) is 7.19. The fourth-order valence-corrected chi connectivity index (χ4v) is 2.48. The van der Waals surface area contributed by atoms with Gasteiger partial charge in [-0.3, -0.25) is 0 Å². The highest BCUT2D eigenvalue weighted by Gasteiger charge is 2.17. The highest BCUT2D eigenvalue weighted by molar-refractivity contribution is 5.36. The Balaban J connectivity index is 2.29. The van der Waals surface area contributed by atoms with Crippen molar-refractivity contribution in [1.82, 2.24) is 5.32 Å². The second kappa shape index (κ2) is 4.14. The molecule has 1 heterocycles. The van der Waals surface area contributed by atoms with Gasteiger partial charge >= 0.3 is 0 Å². The molecular weight excluding hydrogens is 170 g/mol. The van der Waals surface area contributed by atoms with Crippen molar-refractivity contribution in [2.45, 2.75) is 39.2 Å². The van der Waals surface area contributed by atoms with Gasteiger partial charge in [0.2, 0.25) is 0 Å². The highest BCUT2D eigenvalue weighted by atomic mass is 14.9. The van der Waals surface area contributed by atoms with E-state index in [0.29, 0.717) is 6.04 Å². The standard InChI is InChI=1S/C13H19N/c1-10-6-5-7-11(2)13(10)12-8-3-4-9-14-12/h5-7,12,14H,3-4,8-9H2,1-2H3/t12-/m0/s1. The lowest BCUT2D eigenvalue weighted by atomic mass is 9.91. The Morgan fingerprint density at radius 2 is 1.86 bits per heavy atom. The topological polar surface area (TPSA) is 12.0 Å². The van der Waals surface area contributed by atoms with Crippen LogP contribution in [0.4, 0.5) is 0 Å². The minimum absolute atomic E-state index is 0.602. The maximum absolute atomic E-state index is 3.62. The van der Waals surface area contributed by atoms with Gasteiger partial charge in [-0.1, -0.05) is 24.6 Å². The zero-order valence-corrected chi connectivity index (χ0v) is 9.14. The van der Waals surface area contributed by atoms with Gasteiger partial charge in [0.25, 0.3) is 0 Å². The normalized spacial score (nSPS) is 22.3. The SMILES string of the molecule is Cc1cccc(C)c1[C@@H]1CCCCN1. The van der Waals surface area contributed by atoms with E-state index in [-0.39, 0.29) is 0 Å². The van der Waals surface area contributed by atoms with Crippen LogP contribution < -0.4 is 5.32 Å². The van der Waals surface area contributed by atoms with E-state index in [2.05, 4.69) is 37.4 Å². The fraction of sp³-hybridized carbons (Fsp3) is 0.538. The molecule has 1 aromatic rings. The van der Waals surface area contributed by atoms with E-state index >= 15 is 0 Å². The molecule has 1 fully saturated rings. The summed E-state index contributed by atoms with van der Waals surface area (Å²) in [5.74, 6) is 0. The molecule has 1 aromatic carbocycles. The summed E-state index contributed by atoms with van der Waals surface area (Å²) in [6.07, 6.45) is 4.00. The van der Waals surface area contributed by atoms with E-state index in [9.17, 15) is 0 Å². The number of benzene rings is 1.